The van der Waals surface area contributed by atoms with E-state index >= 15 is 0 Å². The van der Waals surface area contributed by atoms with Gasteiger partial charge in [-0.3, -0.25) is 10.2 Å². The van der Waals surface area contributed by atoms with Crippen LogP contribution < -0.4 is 5.32 Å². The van der Waals surface area contributed by atoms with Crippen LogP contribution in [0.25, 0.3) is 10.4 Å². The third kappa shape index (κ3) is 3.11. The van der Waals surface area contributed by atoms with Crippen LogP contribution in [0.4, 0.5) is 0 Å². The fourth-order valence-corrected chi connectivity index (χ4v) is 1.95. The zero-order chi connectivity index (χ0) is 12.0. The molecule has 1 aliphatic rings. The Bertz CT molecular complexity index is 314. The lowest BCUT2D eigenvalue weighted by molar-refractivity contribution is 0.258. The van der Waals surface area contributed by atoms with Crippen molar-refractivity contribution in [3.8, 4) is 6.07 Å². The van der Waals surface area contributed by atoms with Crippen LogP contribution in [0.3, 0.4) is 0 Å². The Morgan fingerprint density at radius 1 is 1.69 bits per heavy atom. The van der Waals surface area contributed by atoms with E-state index in [1.165, 1.54) is 0 Å². The Labute approximate surface area is 95.9 Å². The van der Waals surface area contributed by atoms with Crippen molar-refractivity contribution in [2.75, 3.05) is 26.2 Å². The third-order valence-electron chi connectivity index (χ3n) is 2.98. The largest absolute Gasteiger partial charge is 0.298 e. The lowest BCUT2D eigenvalue weighted by Crippen LogP contribution is -2.48. The third-order valence-corrected chi connectivity index (χ3v) is 2.98. The SMILES string of the molecule is CC(C)N1CCC(C#N)(NCCN=[N+]=[N-])C1. The first kappa shape index (κ1) is 12.8. The van der Waals surface area contributed by atoms with Gasteiger partial charge in [-0.15, -0.1) is 0 Å². The van der Waals surface area contributed by atoms with Crippen LogP contribution in [0.15, 0.2) is 5.11 Å². The van der Waals surface area contributed by atoms with E-state index in [4.69, 9.17) is 5.53 Å². The van der Waals surface area contributed by atoms with Gasteiger partial charge in [0.05, 0.1) is 6.07 Å². The van der Waals surface area contributed by atoms with Crippen molar-refractivity contribution in [1.29, 1.82) is 5.26 Å². The molecule has 1 rings (SSSR count). The van der Waals surface area contributed by atoms with Crippen molar-refractivity contribution in [3.05, 3.63) is 10.4 Å². The van der Waals surface area contributed by atoms with E-state index < -0.39 is 5.54 Å². The van der Waals surface area contributed by atoms with E-state index in [1.54, 1.807) is 0 Å². The van der Waals surface area contributed by atoms with Gasteiger partial charge < -0.3 is 0 Å². The number of likely N-dealkylation sites (tertiary alicyclic amines) is 1. The molecule has 0 aromatic rings. The zero-order valence-electron chi connectivity index (χ0n) is 9.85. The molecule has 1 saturated heterocycles. The molecule has 0 radical (unpaired) electrons. The number of nitriles is 1. The van der Waals surface area contributed by atoms with E-state index in [9.17, 15) is 5.26 Å². The molecule has 0 aromatic carbocycles. The Balaban J connectivity index is 2.47. The van der Waals surface area contributed by atoms with Crippen molar-refractivity contribution >= 4 is 0 Å². The molecule has 0 spiro atoms. The Morgan fingerprint density at radius 3 is 2.94 bits per heavy atom. The molecule has 6 heteroatoms. The summed E-state index contributed by atoms with van der Waals surface area (Å²) in [4.78, 5) is 4.96. The van der Waals surface area contributed by atoms with Gasteiger partial charge in [-0.25, -0.2) is 0 Å². The van der Waals surface area contributed by atoms with Gasteiger partial charge in [0.15, 0.2) is 0 Å². The van der Waals surface area contributed by atoms with Gasteiger partial charge in [0.2, 0.25) is 0 Å². The fraction of sp³-hybridized carbons (Fsp3) is 0.900. The maximum atomic E-state index is 9.23. The molecule has 0 amide bonds. The van der Waals surface area contributed by atoms with Crippen LogP contribution in [-0.4, -0.2) is 42.7 Å². The molecule has 1 aliphatic heterocycles. The lowest BCUT2D eigenvalue weighted by atomic mass is 10.0. The van der Waals surface area contributed by atoms with Gasteiger partial charge in [0.25, 0.3) is 0 Å². The van der Waals surface area contributed by atoms with Crippen molar-refractivity contribution in [2.24, 2.45) is 5.11 Å². The summed E-state index contributed by atoms with van der Waals surface area (Å²) in [5.74, 6) is 0. The van der Waals surface area contributed by atoms with E-state index in [0.717, 1.165) is 19.5 Å². The number of hydrogen-bond acceptors (Lipinski definition) is 4. The van der Waals surface area contributed by atoms with Gasteiger partial charge in [-0.1, -0.05) is 5.11 Å². The highest BCUT2D eigenvalue weighted by atomic mass is 15.2. The van der Waals surface area contributed by atoms with Gasteiger partial charge in [-0.05, 0) is 25.8 Å². The summed E-state index contributed by atoms with van der Waals surface area (Å²) in [7, 11) is 0. The normalized spacial score (nSPS) is 25.4. The zero-order valence-corrected chi connectivity index (χ0v) is 9.85. The van der Waals surface area contributed by atoms with E-state index in [0.29, 0.717) is 19.1 Å². The molecular formula is C10H18N6. The Kier molecular flexibility index (Phi) is 4.56. The molecule has 1 N–H and O–H groups in total. The summed E-state index contributed by atoms with van der Waals surface area (Å²) in [6.07, 6.45) is 0.831. The molecule has 1 atom stereocenters. The molecule has 16 heavy (non-hydrogen) atoms. The highest BCUT2D eigenvalue weighted by Gasteiger charge is 2.38. The quantitative estimate of drug-likeness (QED) is 0.329. The second-order valence-electron chi connectivity index (χ2n) is 4.39. The summed E-state index contributed by atoms with van der Waals surface area (Å²) in [6.45, 7) is 6.91. The minimum atomic E-state index is -0.463. The number of azide groups is 1. The molecule has 0 aliphatic carbocycles. The van der Waals surface area contributed by atoms with Crippen LogP contribution in [0.5, 0.6) is 0 Å². The first-order chi connectivity index (χ1) is 7.63. The van der Waals surface area contributed by atoms with E-state index in [-0.39, 0.29) is 0 Å². The van der Waals surface area contributed by atoms with Crippen molar-refractivity contribution in [3.63, 3.8) is 0 Å². The van der Waals surface area contributed by atoms with Gasteiger partial charge in [0.1, 0.15) is 5.54 Å². The standard InChI is InChI=1S/C10H18N6/c1-9(2)16-6-3-10(7-11,8-16)13-4-5-14-15-12/h9,13H,3-6,8H2,1-2H3. The highest BCUT2D eigenvalue weighted by Crippen LogP contribution is 2.22. The first-order valence-electron chi connectivity index (χ1n) is 5.55. The smallest absolute Gasteiger partial charge is 0.120 e. The summed E-state index contributed by atoms with van der Waals surface area (Å²) in [5.41, 5.74) is 7.69. The van der Waals surface area contributed by atoms with E-state index in [1.807, 2.05) is 0 Å². The van der Waals surface area contributed by atoms with Crippen molar-refractivity contribution in [2.45, 2.75) is 31.8 Å². The molecule has 88 valence electrons. The molecule has 1 heterocycles. The molecule has 0 aromatic heterocycles. The van der Waals surface area contributed by atoms with Gasteiger partial charge in [0, 0.05) is 37.1 Å². The summed E-state index contributed by atoms with van der Waals surface area (Å²) < 4.78 is 0. The average Bonchev–Trinajstić information content (AvgIpc) is 2.70. The number of nitrogens with zero attached hydrogens (tertiary/aromatic N) is 5. The maximum absolute atomic E-state index is 9.23. The topological polar surface area (TPSA) is 87.8 Å². The van der Waals surface area contributed by atoms with Crippen LogP contribution in [-0.2, 0) is 0 Å². The van der Waals surface area contributed by atoms with Crippen LogP contribution >= 0.6 is 0 Å². The van der Waals surface area contributed by atoms with Crippen molar-refractivity contribution in [1.82, 2.24) is 10.2 Å². The summed E-state index contributed by atoms with van der Waals surface area (Å²) in [6, 6.07) is 2.82. The van der Waals surface area contributed by atoms with Crippen LogP contribution in [0.2, 0.25) is 0 Å². The maximum Gasteiger partial charge on any atom is 0.120 e. The molecule has 1 unspecified atom stereocenters. The Morgan fingerprint density at radius 2 is 2.44 bits per heavy atom. The second-order valence-corrected chi connectivity index (χ2v) is 4.39. The summed E-state index contributed by atoms with van der Waals surface area (Å²) in [5, 5.41) is 15.9. The average molecular weight is 222 g/mol. The molecule has 0 saturated carbocycles. The number of hydrogen-bond donors (Lipinski definition) is 1. The van der Waals surface area contributed by atoms with Gasteiger partial charge >= 0.3 is 0 Å². The molecular weight excluding hydrogens is 204 g/mol. The second kappa shape index (κ2) is 5.71. The minimum Gasteiger partial charge on any atom is -0.298 e. The predicted molar refractivity (Wildman–Crippen MR) is 61.7 cm³/mol. The van der Waals surface area contributed by atoms with Gasteiger partial charge in [-0.2, -0.15) is 5.26 Å². The molecule has 6 nitrogen and oxygen atoms in total. The molecule has 0 bridgehead atoms. The lowest BCUT2D eigenvalue weighted by Gasteiger charge is -2.25. The van der Waals surface area contributed by atoms with Crippen molar-refractivity contribution < 1.29 is 0 Å². The monoisotopic (exact) mass is 222 g/mol. The minimum absolute atomic E-state index is 0.390. The van der Waals surface area contributed by atoms with Crippen LogP contribution in [0.1, 0.15) is 20.3 Å². The first-order valence-corrected chi connectivity index (χ1v) is 5.55. The Hall–Kier alpha value is -1.28. The fourth-order valence-electron chi connectivity index (χ4n) is 1.95. The predicted octanol–water partition coefficient (Wildman–Crippen LogP) is 1.26. The van der Waals surface area contributed by atoms with Crippen LogP contribution in [0, 0.1) is 11.3 Å². The van der Waals surface area contributed by atoms with E-state index in [2.05, 4.69) is 40.2 Å². The highest BCUT2D eigenvalue weighted by molar-refractivity contribution is 5.13. The molecule has 1 fully saturated rings. The summed E-state index contributed by atoms with van der Waals surface area (Å²) >= 11 is 0. The number of nitrogens with one attached hydrogen (secondary N) is 1. The number of rotatable bonds is 5.